The molecule has 0 atom stereocenters. The van der Waals surface area contributed by atoms with Crippen molar-refractivity contribution in [3.63, 3.8) is 0 Å². The summed E-state index contributed by atoms with van der Waals surface area (Å²) in [7, 11) is 0. The van der Waals surface area contributed by atoms with Gasteiger partial charge in [0.25, 0.3) is 0 Å². The zero-order chi connectivity index (χ0) is 24.6. The summed E-state index contributed by atoms with van der Waals surface area (Å²) in [6, 6.07) is 22.8. The van der Waals surface area contributed by atoms with Gasteiger partial charge in [0.05, 0.1) is 11.8 Å². The molecule has 1 heterocycles. The van der Waals surface area contributed by atoms with Crippen molar-refractivity contribution in [2.24, 2.45) is 5.10 Å². The van der Waals surface area contributed by atoms with Crippen LogP contribution in [-0.2, 0) is 9.59 Å². The number of hydrazone groups is 1. The molecule has 0 bridgehead atoms. The van der Waals surface area contributed by atoms with E-state index in [9.17, 15) is 14.4 Å². The average Bonchev–Trinajstić information content (AvgIpc) is 3.34. The van der Waals surface area contributed by atoms with Gasteiger partial charge in [-0.15, -0.1) is 10.2 Å². The van der Waals surface area contributed by atoms with Gasteiger partial charge in [0.15, 0.2) is 0 Å². The topological polar surface area (TPSA) is 123 Å². The van der Waals surface area contributed by atoms with E-state index in [4.69, 9.17) is 4.74 Å². The SMILES string of the molecule is O=C(N/N=C/c1ccc(OC(=O)c2ccccc2Br)cc1)C(=O)Nc1nnc(-c2ccccc2)s1. The van der Waals surface area contributed by atoms with Gasteiger partial charge < -0.3 is 4.74 Å². The van der Waals surface area contributed by atoms with Crippen LogP contribution in [0.5, 0.6) is 5.75 Å². The first-order chi connectivity index (χ1) is 17.0. The van der Waals surface area contributed by atoms with Crippen molar-refractivity contribution in [2.45, 2.75) is 0 Å². The summed E-state index contributed by atoms with van der Waals surface area (Å²) in [6.07, 6.45) is 1.35. The maximum Gasteiger partial charge on any atom is 0.344 e. The third kappa shape index (κ3) is 6.43. The smallest absolute Gasteiger partial charge is 0.344 e. The highest BCUT2D eigenvalue weighted by atomic mass is 79.9. The molecule has 2 N–H and O–H groups in total. The van der Waals surface area contributed by atoms with Crippen LogP contribution in [0.1, 0.15) is 15.9 Å². The molecule has 0 saturated heterocycles. The molecule has 0 aliphatic rings. The molecule has 0 spiro atoms. The molecule has 0 radical (unpaired) electrons. The Labute approximate surface area is 212 Å². The number of aromatic nitrogens is 2. The summed E-state index contributed by atoms with van der Waals surface area (Å²) in [5.41, 5.74) is 4.02. The van der Waals surface area contributed by atoms with E-state index in [1.807, 2.05) is 30.3 Å². The zero-order valence-corrected chi connectivity index (χ0v) is 20.2. The van der Waals surface area contributed by atoms with Crippen molar-refractivity contribution >= 4 is 56.4 Å². The number of amides is 2. The van der Waals surface area contributed by atoms with Crippen molar-refractivity contribution in [1.82, 2.24) is 15.6 Å². The van der Waals surface area contributed by atoms with Gasteiger partial charge in [-0.3, -0.25) is 14.9 Å². The van der Waals surface area contributed by atoms with Crippen LogP contribution in [0.15, 0.2) is 88.4 Å². The van der Waals surface area contributed by atoms with Crippen molar-refractivity contribution < 1.29 is 19.1 Å². The molecule has 0 aliphatic heterocycles. The highest BCUT2D eigenvalue weighted by molar-refractivity contribution is 9.10. The monoisotopic (exact) mass is 549 g/mol. The van der Waals surface area contributed by atoms with Crippen molar-refractivity contribution in [2.75, 3.05) is 5.32 Å². The Balaban J connectivity index is 1.27. The summed E-state index contributed by atoms with van der Waals surface area (Å²) in [6.45, 7) is 0. The molecule has 0 aliphatic carbocycles. The number of hydrogen-bond donors (Lipinski definition) is 2. The summed E-state index contributed by atoms with van der Waals surface area (Å²) < 4.78 is 5.99. The Morgan fingerprint density at radius 1 is 0.886 bits per heavy atom. The molecule has 11 heteroatoms. The van der Waals surface area contributed by atoms with E-state index in [0.717, 1.165) is 16.9 Å². The number of benzene rings is 3. The van der Waals surface area contributed by atoms with Crippen LogP contribution in [0.25, 0.3) is 10.6 Å². The lowest BCUT2D eigenvalue weighted by atomic mass is 10.2. The first-order valence-electron chi connectivity index (χ1n) is 10.1. The molecule has 2 amide bonds. The minimum Gasteiger partial charge on any atom is -0.423 e. The van der Waals surface area contributed by atoms with E-state index < -0.39 is 17.8 Å². The number of rotatable bonds is 6. The average molecular weight is 550 g/mol. The standard InChI is InChI=1S/C24H16BrN5O4S/c25-19-9-5-4-8-18(19)23(33)34-17-12-10-15(11-13-17)14-26-28-21(32)20(31)27-24-30-29-22(35-24)16-6-2-1-3-7-16/h1-14H,(H,28,32)(H,27,30,31)/b26-14+. The molecule has 35 heavy (non-hydrogen) atoms. The lowest BCUT2D eigenvalue weighted by molar-refractivity contribution is -0.136. The molecule has 0 fully saturated rings. The van der Waals surface area contributed by atoms with Crippen LogP contribution in [0, 0.1) is 0 Å². The van der Waals surface area contributed by atoms with Gasteiger partial charge in [-0.2, -0.15) is 5.10 Å². The number of ether oxygens (including phenoxy) is 1. The fourth-order valence-corrected chi connectivity index (χ4v) is 3.94. The summed E-state index contributed by atoms with van der Waals surface area (Å²) >= 11 is 4.46. The molecule has 3 aromatic carbocycles. The minimum atomic E-state index is -0.961. The fraction of sp³-hybridized carbons (Fsp3) is 0. The second-order valence-corrected chi connectivity index (χ2v) is 8.70. The number of nitrogens with one attached hydrogen (secondary N) is 2. The third-order valence-corrected chi connectivity index (χ3v) is 6.02. The summed E-state index contributed by atoms with van der Waals surface area (Å²) in [5, 5.41) is 14.9. The van der Waals surface area contributed by atoms with Crippen molar-refractivity contribution in [3.8, 4) is 16.3 Å². The van der Waals surface area contributed by atoms with E-state index in [1.165, 1.54) is 6.21 Å². The molecule has 1 aromatic heterocycles. The van der Waals surface area contributed by atoms with Crippen LogP contribution >= 0.6 is 27.3 Å². The van der Waals surface area contributed by atoms with E-state index in [-0.39, 0.29) is 5.13 Å². The number of halogens is 1. The molecule has 4 aromatic rings. The minimum absolute atomic E-state index is 0.195. The highest BCUT2D eigenvalue weighted by Crippen LogP contribution is 2.25. The first-order valence-corrected chi connectivity index (χ1v) is 11.7. The van der Waals surface area contributed by atoms with Gasteiger partial charge >= 0.3 is 17.8 Å². The molecule has 0 saturated carbocycles. The van der Waals surface area contributed by atoms with Gasteiger partial charge in [0, 0.05) is 10.0 Å². The third-order valence-electron chi connectivity index (χ3n) is 4.44. The Morgan fingerprint density at radius 2 is 1.60 bits per heavy atom. The fourth-order valence-electron chi connectivity index (χ4n) is 2.75. The Bertz CT molecular complexity index is 1390. The Kier molecular flexibility index (Phi) is 7.70. The number of carbonyl (C=O) groups excluding carboxylic acids is 3. The molecular weight excluding hydrogens is 534 g/mol. The van der Waals surface area contributed by atoms with Crippen LogP contribution < -0.4 is 15.5 Å². The van der Waals surface area contributed by atoms with Crippen LogP contribution in [-0.4, -0.2) is 34.2 Å². The quantitative estimate of drug-likeness (QED) is 0.122. The zero-order valence-electron chi connectivity index (χ0n) is 17.8. The Morgan fingerprint density at radius 3 is 2.34 bits per heavy atom. The van der Waals surface area contributed by atoms with E-state index in [1.54, 1.807) is 48.5 Å². The predicted molar refractivity (Wildman–Crippen MR) is 135 cm³/mol. The number of carbonyl (C=O) groups is 3. The van der Waals surface area contributed by atoms with Gasteiger partial charge in [-0.05, 0) is 57.9 Å². The maximum absolute atomic E-state index is 12.3. The summed E-state index contributed by atoms with van der Waals surface area (Å²) in [5.74, 6) is -2.04. The van der Waals surface area contributed by atoms with Gasteiger partial charge in [0.1, 0.15) is 10.8 Å². The maximum atomic E-state index is 12.3. The molecule has 174 valence electrons. The van der Waals surface area contributed by atoms with Crippen molar-refractivity contribution in [3.05, 3.63) is 94.5 Å². The number of esters is 1. The Hall–Kier alpha value is -4.22. The van der Waals surface area contributed by atoms with Gasteiger partial charge in [-0.1, -0.05) is 53.8 Å². The van der Waals surface area contributed by atoms with Crippen LogP contribution in [0.4, 0.5) is 5.13 Å². The largest absolute Gasteiger partial charge is 0.423 e. The molecular formula is C24H16BrN5O4S. The van der Waals surface area contributed by atoms with Gasteiger partial charge in [0.2, 0.25) is 5.13 Å². The number of anilines is 1. The van der Waals surface area contributed by atoms with E-state index >= 15 is 0 Å². The normalized spacial score (nSPS) is 10.7. The van der Waals surface area contributed by atoms with Crippen molar-refractivity contribution in [1.29, 1.82) is 0 Å². The lowest BCUT2D eigenvalue weighted by Crippen LogP contribution is -2.32. The van der Waals surface area contributed by atoms with Crippen LogP contribution in [0.3, 0.4) is 0 Å². The first kappa shape index (κ1) is 23.9. The van der Waals surface area contributed by atoms with Crippen LogP contribution in [0.2, 0.25) is 0 Å². The highest BCUT2D eigenvalue weighted by Gasteiger charge is 2.16. The lowest BCUT2D eigenvalue weighted by Gasteiger charge is -2.06. The number of hydrogen-bond acceptors (Lipinski definition) is 8. The predicted octanol–water partition coefficient (Wildman–Crippen LogP) is 4.28. The van der Waals surface area contributed by atoms with E-state index in [2.05, 4.69) is 42.0 Å². The number of nitrogens with zero attached hydrogens (tertiary/aromatic N) is 3. The molecule has 0 unspecified atom stereocenters. The molecule has 9 nitrogen and oxygen atoms in total. The second-order valence-electron chi connectivity index (χ2n) is 6.87. The summed E-state index contributed by atoms with van der Waals surface area (Å²) in [4.78, 5) is 36.4. The molecule has 4 rings (SSSR count). The second kappa shape index (κ2) is 11.3. The van der Waals surface area contributed by atoms with E-state index in [0.29, 0.717) is 26.4 Å². The van der Waals surface area contributed by atoms with Gasteiger partial charge in [-0.25, -0.2) is 10.2 Å².